The maximum atomic E-state index is 5.14. The van der Waals surface area contributed by atoms with Crippen LogP contribution in [0.4, 0.5) is 0 Å². The van der Waals surface area contributed by atoms with Gasteiger partial charge in [-0.1, -0.05) is 0 Å². The molecule has 0 atom stereocenters. The zero-order valence-corrected chi connectivity index (χ0v) is 6.52. The first-order valence-corrected chi connectivity index (χ1v) is 9.92. The second kappa shape index (κ2) is 1.93. The monoisotopic (exact) mass is 217 g/mol. The van der Waals surface area contributed by atoms with E-state index in [1.165, 1.54) is 0 Å². The molecule has 0 saturated heterocycles. The molecular formula is CH2Cl3Mo. The van der Waals surface area contributed by atoms with Gasteiger partial charge in [0.1, 0.15) is 0 Å². The van der Waals surface area contributed by atoms with Crippen molar-refractivity contribution in [3.63, 3.8) is 0 Å². The van der Waals surface area contributed by atoms with Crippen LogP contribution in [-0.2, 0) is 12.5 Å². The molecule has 0 aliphatic rings. The number of rotatable bonds is 0. The molecule has 0 unspecified atom stereocenters. The second-order valence-corrected chi connectivity index (χ2v) is 15.1. The van der Waals surface area contributed by atoms with Crippen molar-refractivity contribution in [3.05, 3.63) is 0 Å². The Hall–Kier alpha value is 1.43. The summed E-state index contributed by atoms with van der Waals surface area (Å²) in [5, 5.41) is 0. The van der Waals surface area contributed by atoms with E-state index in [2.05, 4.69) is 4.90 Å². The fourth-order valence-electron chi connectivity index (χ4n) is 0. The molecule has 0 heterocycles. The Morgan fingerprint density at radius 1 is 1.20 bits per heavy atom. The molecule has 0 amide bonds. The third-order valence-corrected chi connectivity index (χ3v) is 0. The van der Waals surface area contributed by atoms with Crippen LogP contribution in [0.25, 0.3) is 0 Å². The van der Waals surface area contributed by atoms with Gasteiger partial charge >= 0.3 is 45.6 Å². The molecule has 4 heteroatoms. The van der Waals surface area contributed by atoms with E-state index in [0.29, 0.717) is 0 Å². The molecule has 0 aromatic rings. The van der Waals surface area contributed by atoms with E-state index in [-0.39, 0.29) is 0 Å². The summed E-state index contributed by atoms with van der Waals surface area (Å²) in [7, 11) is 15.4. The summed E-state index contributed by atoms with van der Waals surface area (Å²) in [6.45, 7) is 0. The van der Waals surface area contributed by atoms with Gasteiger partial charge in [0.25, 0.3) is 0 Å². The van der Waals surface area contributed by atoms with Crippen molar-refractivity contribution in [2.75, 3.05) is 0 Å². The van der Waals surface area contributed by atoms with E-state index < -0.39 is 12.5 Å². The molecule has 0 saturated carbocycles. The van der Waals surface area contributed by atoms with Gasteiger partial charge in [-0.2, -0.15) is 0 Å². The summed E-state index contributed by atoms with van der Waals surface area (Å²) in [5.41, 5.74) is 0. The Morgan fingerprint density at radius 2 is 1.20 bits per heavy atom. The normalized spacial score (nSPS) is 11.8. The first kappa shape index (κ1) is 6.43. The predicted octanol–water partition coefficient (Wildman–Crippen LogP) is 2.03. The average Bonchev–Trinajstić information content (AvgIpc) is 0.722. The van der Waals surface area contributed by atoms with Crippen LogP contribution in [-0.4, -0.2) is 4.90 Å². The number of halogens is 3. The zero-order chi connectivity index (χ0) is 4.50. The summed E-state index contributed by atoms with van der Waals surface area (Å²) in [4.78, 5) is 3.26. The van der Waals surface area contributed by atoms with E-state index in [0.717, 1.165) is 0 Å². The van der Waals surface area contributed by atoms with Gasteiger partial charge in [0.2, 0.25) is 0 Å². The van der Waals surface area contributed by atoms with Crippen LogP contribution in [0.1, 0.15) is 0 Å². The van der Waals surface area contributed by atoms with Gasteiger partial charge in [0, 0.05) is 0 Å². The fraction of sp³-hybridized carbons (Fsp3) is 0. The molecule has 0 spiro atoms. The van der Waals surface area contributed by atoms with E-state index in [9.17, 15) is 0 Å². The molecular weight excluding hydrogens is 214 g/mol. The Labute approximate surface area is 45.5 Å². The second-order valence-electron chi connectivity index (χ2n) is 0.502. The Balaban J connectivity index is 3.47. The molecule has 5 heavy (non-hydrogen) atoms. The van der Waals surface area contributed by atoms with Gasteiger partial charge in [-0.15, -0.1) is 0 Å². The van der Waals surface area contributed by atoms with Crippen LogP contribution in [0.15, 0.2) is 0 Å². The summed E-state index contributed by atoms with van der Waals surface area (Å²) in [5.74, 6) is 0. The van der Waals surface area contributed by atoms with Crippen LogP contribution < -0.4 is 0 Å². The summed E-state index contributed by atoms with van der Waals surface area (Å²) >= 11 is -2.85. The molecule has 0 bridgehead atoms. The van der Waals surface area contributed by atoms with Crippen LogP contribution in [0.5, 0.6) is 0 Å². The van der Waals surface area contributed by atoms with Gasteiger partial charge in [-0.25, -0.2) is 0 Å². The Bertz CT molecular complexity index is 53.0. The van der Waals surface area contributed by atoms with Crippen molar-refractivity contribution < 1.29 is 12.5 Å². The van der Waals surface area contributed by atoms with Crippen LogP contribution in [0, 0.1) is 0 Å². The predicted molar refractivity (Wildman–Crippen MR) is 24.7 cm³/mol. The quantitative estimate of drug-likeness (QED) is 0.544. The van der Waals surface area contributed by atoms with E-state index in [4.69, 9.17) is 28.3 Å². The van der Waals surface area contributed by atoms with Crippen molar-refractivity contribution in [1.29, 1.82) is 0 Å². The zero-order valence-electron chi connectivity index (χ0n) is 2.25. The minimum absolute atomic E-state index is 2.85. The maximum absolute atomic E-state index is 5.14. The van der Waals surface area contributed by atoms with Crippen molar-refractivity contribution in [2.45, 2.75) is 0 Å². The van der Waals surface area contributed by atoms with Crippen LogP contribution in [0.2, 0.25) is 0 Å². The average molecular weight is 216 g/mol. The summed E-state index contributed by atoms with van der Waals surface area (Å²) < 4.78 is 0. The first-order chi connectivity index (χ1) is 2.00. The van der Waals surface area contributed by atoms with Crippen LogP contribution >= 0.6 is 28.3 Å². The third kappa shape index (κ3) is 31.3. The molecule has 0 aliphatic carbocycles. The molecule has 33 valence electrons. The molecule has 0 aliphatic heterocycles. The van der Waals surface area contributed by atoms with Crippen molar-refractivity contribution in [2.24, 2.45) is 0 Å². The van der Waals surface area contributed by atoms with E-state index in [1.807, 2.05) is 0 Å². The minimum atomic E-state index is -2.85. The van der Waals surface area contributed by atoms with E-state index >= 15 is 0 Å². The Kier molecular flexibility index (Phi) is 2.48. The molecule has 0 radical (unpaired) electrons. The number of hydrogen-bond acceptors (Lipinski definition) is 0. The molecule has 0 fully saturated rings. The van der Waals surface area contributed by atoms with Gasteiger partial charge in [0.05, 0.1) is 0 Å². The van der Waals surface area contributed by atoms with Crippen LogP contribution in [0.3, 0.4) is 0 Å². The molecule has 0 aromatic carbocycles. The van der Waals surface area contributed by atoms with Gasteiger partial charge in [-0.05, 0) is 0 Å². The van der Waals surface area contributed by atoms with Crippen molar-refractivity contribution >= 4 is 33.2 Å². The van der Waals surface area contributed by atoms with E-state index in [1.54, 1.807) is 0 Å². The molecule has 0 N–H and O–H groups in total. The molecule has 0 nitrogen and oxygen atoms in total. The van der Waals surface area contributed by atoms with Gasteiger partial charge < -0.3 is 0 Å². The fourth-order valence-corrected chi connectivity index (χ4v) is 0. The van der Waals surface area contributed by atoms with Crippen molar-refractivity contribution in [1.82, 2.24) is 0 Å². The summed E-state index contributed by atoms with van der Waals surface area (Å²) in [6.07, 6.45) is 0. The SMILES string of the molecule is [CH2]=[Mo]([Cl])([Cl])[Cl]. The standard InChI is InChI=1S/CH2.3ClH.Mo/h1H2;3*1H;/q;;;;+3/p-3. The molecule has 0 aromatic heterocycles. The molecule has 0 rings (SSSR count). The summed E-state index contributed by atoms with van der Waals surface area (Å²) in [6, 6.07) is 0. The topological polar surface area (TPSA) is 0 Å². The third-order valence-electron chi connectivity index (χ3n) is 0. The van der Waals surface area contributed by atoms with Crippen molar-refractivity contribution in [3.8, 4) is 0 Å². The number of hydrogen-bond donors (Lipinski definition) is 0. The first-order valence-electron chi connectivity index (χ1n) is 0.752. The Morgan fingerprint density at radius 3 is 1.20 bits per heavy atom. The van der Waals surface area contributed by atoms with Gasteiger partial charge in [-0.3, -0.25) is 0 Å². The van der Waals surface area contributed by atoms with Gasteiger partial charge in [0.15, 0.2) is 0 Å².